The van der Waals surface area contributed by atoms with Crippen molar-refractivity contribution in [2.24, 2.45) is 7.05 Å². The van der Waals surface area contributed by atoms with E-state index in [0.29, 0.717) is 0 Å². The van der Waals surface area contributed by atoms with Gasteiger partial charge in [-0.1, -0.05) is 11.3 Å². The highest BCUT2D eigenvalue weighted by atomic mass is 32.1. The number of aryl methyl sites for hydroxylation is 2. The van der Waals surface area contributed by atoms with E-state index in [0.717, 1.165) is 46.4 Å². The van der Waals surface area contributed by atoms with E-state index in [-0.39, 0.29) is 0 Å². The third-order valence-electron chi connectivity index (χ3n) is 4.54. The van der Waals surface area contributed by atoms with Crippen molar-refractivity contribution in [2.75, 3.05) is 11.9 Å². The van der Waals surface area contributed by atoms with Crippen LogP contribution >= 0.6 is 11.3 Å². The van der Waals surface area contributed by atoms with Crippen LogP contribution in [-0.4, -0.2) is 35.9 Å². The zero-order valence-corrected chi connectivity index (χ0v) is 15.9. The monoisotopic (exact) mass is 367 g/mol. The first kappa shape index (κ1) is 16.7. The Kier molecular flexibility index (Phi) is 4.42. The molecule has 1 N–H and O–H groups in total. The van der Waals surface area contributed by atoms with Gasteiger partial charge in [0.1, 0.15) is 0 Å². The van der Waals surface area contributed by atoms with E-state index >= 15 is 0 Å². The molecule has 7 nitrogen and oxygen atoms in total. The number of nitrogens with one attached hydrogen (secondary N) is 1. The van der Waals surface area contributed by atoms with Gasteiger partial charge in [-0.05, 0) is 44.4 Å². The van der Waals surface area contributed by atoms with E-state index in [1.165, 1.54) is 11.3 Å². The number of aromatic nitrogens is 6. The lowest BCUT2D eigenvalue weighted by atomic mass is 10.1. The van der Waals surface area contributed by atoms with E-state index in [1.54, 1.807) is 17.5 Å². The van der Waals surface area contributed by atoms with Crippen molar-refractivity contribution in [3.05, 3.63) is 47.7 Å². The Bertz CT molecular complexity index is 997. The van der Waals surface area contributed by atoms with Crippen LogP contribution < -0.4 is 5.32 Å². The first-order valence-electron chi connectivity index (χ1n) is 8.61. The molecule has 0 aromatic carbocycles. The zero-order chi connectivity index (χ0) is 18.1. The highest BCUT2D eigenvalue weighted by Crippen LogP contribution is 2.24. The maximum Gasteiger partial charge on any atom is 0.214 e. The van der Waals surface area contributed by atoms with Crippen molar-refractivity contribution < 1.29 is 0 Å². The molecular formula is C18H21N7S. The first-order valence-corrected chi connectivity index (χ1v) is 9.43. The molecule has 0 aliphatic heterocycles. The van der Waals surface area contributed by atoms with Gasteiger partial charge in [-0.2, -0.15) is 5.10 Å². The number of hydrogen-bond donors (Lipinski definition) is 1. The van der Waals surface area contributed by atoms with E-state index < -0.39 is 0 Å². The molecule has 4 aromatic heterocycles. The molecule has 134 valence electrons. The second-order valence-electron chi connectivity index (χ2n) is 6.31. The number of hydrogen-bond acceptors (Lipinski definition) is 6. The Labute approximate surface area is 155 Å². The minimum atomic E-state index is 0.875. The van der Waals surface area contributed by atoms with Gasteiger partial charge in [-0.3, -0.25) is 9.67 Å². The van der Waals surface area contributed by atoms with Gasteiger partial charge in [0, 0.05) is 37.2 Å². The second kappa shape index (κ2) is 6.87. The summed E-state index contributed by atoms with van der Waals surface area (Å²) in [7, 11) is 2.00. The molecule has 0 bridgehead atoms. The maximum absolute atomic E-state index is 4.63. The quantitative estimate of drug-likeness (QED) is 0.530. The minimum absolute atomic E-state index is 0.875. The molecule has 0 atom stereocenters. The molecule has 0 spiro atoms. The number of anilines is 1. The molecule has 0 fully saturated rings. The molecule has 0 radical (unpaired) electrons. The molecule has 8 heteroatoms. The van der Waals surface area contributed by atoms with Gasteiger partial charge in [-0.15, -0.1) is 5.10 Å². The van der Waals surface area contributed by atoms with Crippen LogP contribution in [0.15, 0.2) is 30.7 Å². The van der Waals surface area contributed by atoms with Gasteiger partial charge >= 0.3 is 0 Å². The molecule has 0 unspecified atom stereocenters. The smallest absolute Gasteiger partial charge is 0.214 e. The number of fused-ring (bicyclic) bond motifs is 1. The van der Waals surface area contributed by atoms with Gasteiger partial charge in [0.25, 0.3) is 0 Å². The topological polar surface area (TPSA) is 72.9 Å². The van der Waals surface area contributed by atoms with Gasteiger partial charge in [0.05, 0.1) is 17.6 Å². The van der Waals surface area contributed by atoms with Crippen LogP contribution in [0.25, 0.3) is 16.2 Å². The SMILES string of the molecule is Cc1nn(C)c(C)c1CCCNc1nn2cc(-c3cccnc3)nc2s1. The number of rotatable bonds is 6. The van der Waals surface area contributed by atoms with Crippen molar-refractivity contribution in [1.29, 1.82) is 0 Å². The molecule has 4 aromatic rings. The van der Waals surface area contributed by atoms with Crippen LogP contribution in [0.4, 0.5) is 5.13 Å². The summed E-state index contributed by atoms with van der Waals surface area (Å²) < 4.78 is 3.78. The van der Waals surface area contributed by atoms with Crippen molar-refractivity contribution in [3.8, 4) is 11.3 Å². The average molecular weight is 367 g/mol. The fourth-order valence-electron chi connectivity index (χ4n) is 3.06. The van der Waals surface area contributed by atoms with Crippen molar-refractivity contribution in [3.63, 3.8) is 0 Å². The highest BCUT2D eigenvalue weighted by Gasteiger charge is 2.11. The third-order valence-corrected chi connectivity index (χ3v) is 5.42. The van der Waals surface area contributed by atoms with Crippen LogP contribution in [-0.2, 0) is 13.5 Å². The lowest BCUT2D eigenvalue weighted by Crippen LogP contribution is -2.04. The molecule has 0 saturated heterocycles. The summed E-state index contributed by atoms with van der Waals surface area (Å²) in [4.78, 5) is 9.65. The fourth-order valence-corrected chi connectivity index (χ4v) is 3.87. The Balaban J connectivity index is 1.37. The van der Waals surface area contributed by atoms with Crippen LogP contribution in [0, 0.1) is 13.8 Å². The largest absolute Gasteiger partial charge is 0.360 e. The summed E-state index contributed by atoms with van der Waals surface area (Å²) >= 11 is 1.56. The molecule has 4 heterocycles. The number of imidazole rings is 1. The summed E-state index contributed by atoms with van der Waals surface area (Å²) in [5.41, 5.74) is 5.62. The van der Waals surface area contributed by atoms with E-state index in [4.69, 9.17) is 0 Å². The van der Waals surface area contributed by atoms with Gasteiger partial charge < -0.3 is 5.32 Å². The lowest BCUT2D eigenvalue weighted by molar-refractivity contribution is 0.729. The summed E-state index contributed by atoms with van der Waals surface area (Å²) in [6.45, 7) is 5.07. The van der Waals surface area contributed by atoms with Gasteiger partial charge in [-0.25, -0.2) is 9.50 Å². The Morgan fingerprint density at radius 1 is 1.23 bits per heavy atom. The average Bonchev–Trinajstić information content (AvgIpc) is 3.26. The standard InChI is InChI=1S/C18H21N7S/c1-12-15(13(2)24(3)22-12)7-5-9-20-17-23-25-11-16(21-18(25)26-17)14-6-4-8-19-10-14/h4,6,8,10-11H,5,7,9H2,1-3H3,(H,20,23). The Hall–Kier alpha value is -2.74. The molecule has 0 aliphatic rings. The predicted octanol–water partition coefficient (Wildman–Crippen LogP) is 3.25. The minimum Gasteiger partial charge on any atom is -0.360 e. The Morgan fingerprint density at radius 3 is 2.81 bits per heavy atom. The molecule has 26 heavy (non-hydrogen) atoms. The highest BCUT2D eigenvalue weighted by molar-refractivity contribution is 7.20. The summed E-state index contributed by atoms with van der Waals surface area (Å²) in [5, 5.41) is 13.3. The van der Waals surface area contributed by atoms with Crippen LogP contribution in [0.2, 0.25) is 0 Å². The van der Waals surface area contributed by atoms with E-state index in [1.807, 2.05) is 40.8 Å². The number of nitrogens with zero attached hydrogens (tertiary/aromatic N) is 6. The first-order chi connectivity index (χ1) is 12.6. The van der Waals surface area contributed by atoms with Crippen LogP contribution in [0.1, 0.15) is 23.4 Å². The summed E-state index contributed by atoms with van der Waals surface area (Å²) in [5.74, 6) is 0. The summed E-state index contributed by atoms with van der Waals surface area (Å²) in [6.07, 6.45) is 7.57. The van der Waals surface area contributed by atoms with E-state index in [9.17, 15) is 0 Å². The van der Waals surface area contributed by atoms with Crippen LogP contribution in [0.3, 0.4) is 0 Å². The van der Waals surface area contributed by atoms with Crippen molar-refractivity contribution in [2.45, 2.75) is 26.7 Å². The maximum atomic E-state index is 4.63. The molecule has 0 amide bonds. The molecule has 0 saturated carbocycles. The second-order valence-corrected chi connectivity index (χ2v) is 7.26. The van der Waals surface area contributed by atoms with Gasteiger partial charge in [0.2, 0.25) is 10.1 Å². The lowest BCUT2D eigenvalue weighted by Gasteiger charge is -2.03. The Morgan fingerprint density at radius 2 is 2.12 bits per heavy atom. The molecular weight excluding hydrogens is 346 g/mol. The summed E-state index contributed by atoms with van der Waals surface area (Å²) in [6, 6.07) is 3.91. The normalized spacial score (nSPS) is 11.3. The third kappa shape index (κ3) is 3.20. The van der Waals surface area contributed by atoms with E-state index in [2.05, 4.69) is 39.3 Å². The zero-order valence-electron chi connectivity index (χ0n) is 15.1. The number of pyridine rings is 1. The van der Waals surface area contributed by atoms with Gasteiger partial charge in [0.15, 0.2) is 0 Å². The predicted molar refractivity (Wildman–Crippen MR) is 104 cm³/mol. The molecule has 4 rings (SSSR count). The van der Waals surface area contributed by atoms with Crippen LogP contribution in [0.5, 0.6) is 0 Å². The fraction of sp³-hybridized carbons (Fsp3) is 0.333. The molecule has 0 aliphatic carbocycles. The van der Waals surface area contributed by atoms with Crippen molar-refractivity contribution in [1.82, 2.24) is 29.4 Å². The van der Waals surface area contributed by atoms with Crippen molar-refractivity contribution >= 4 is 21.4 Å².